The first kappa shape index (κ1) is 28.7. The second-order valence-electron chi connectivity index (χ2n) is 10.2. The van der Waals surface area contributed by atoms with E-state index in [0.29, 0.717) is 45.0 Å². The van der Waals surface area contributed by atoms with Crippen molar-refractivity contribution in [3.05, 3.63) is 63.1 Å². The smallest absolute Gasteiger partial charge is 0.283 e. The van der Waals surface area contributed by atoms with E-state index >= 15 is 0 Å². The average Bonchev–Trinajstić information content (AvgIpc) is 3.39. The lowest BCUT2D eigenvalue weighted by molar-refractivity contribution is -0.114. The predicted molar refractivity (Wildman–Crippen MR) is 164 cm³/mol. The van der Waals surface area contributed by atoms with Crippen LogP contribution < -0.4 is 9.47 Å². The largest absolute Gasteiger partial charge is 0.490 e. The van der Waals surface area contributed by atoms with Crippen LogP contribution in [0.25, 0.3) is 6.08 Å². The number of fused-ring (bicyclic) bond motifs is 1. The molecular formula is C30H32Cl2N4O3S. The number of benzene rings is 2. The summed E-state index contributed by atoms with van der Waals surface area (Å²) in [5.41, 5.74) is 1.98. The summed E-state index contributed by atoms with van der Waals surface area (Å²) in [7, 11) is 0. The summed E-state index contributed by atoms with van der Waals surface area (Å²) in [6, 6.07) is 11.4. The number of carbonyl (C=O) groups excluding carboxylic acids is 1. The summed E-state index contributed by atoms with van der Waals surface area (Å²) in [6.07, 6.45) is 8.43. The van der Waals surface area contributed by atoms with Crippen LogP contribution in [0.15, 0.2) is 52.1 Å². The van der Waals surface area contributed by atoms with Crippen molar-refractivity contribution < 1.29 is 14.3 Å². The molecule has 0 saturated heterocycles. The Hall–Kier alpha value is -2.81. The SMILES string of the molecule is CCC(C)c1ccc(OCCOc2c(Cl)cc(/C=C3/C(=N)N4N=C(C5CCCCC5)SC4=NC3=O)cc2Cl)cc1. The van der Waals surface area contributed by atoms with Crippen LogP contribution in [0.2, 0.25) is 10.0 Å². The summed E-state index contributed by atoms with van der Waals surface area (Å²) in [6.45, 7) is 4.95. The molecule has 1 fully saturated rings. The van der Waals surface area contributed by atoms with Crippen LogP contribution in [0.5, 0.6) is 11.5 Å². The van der Waals surface area contributed by atoms with Gasteiger partial charge in [-0.2, -0.15) is 15.1 Å². The fourth-order valence-electron chi connectivity index (χ4n) is 4.92. The van der Waals surface area contributed by atoms with Crippen molar-refractivity contribution in [2.45, 2.75) is 58.3 Å². The summed E-state index contributed by atoms with van der Waals surface area (Å²) < 4.78 is 11.6. The average molecular weight is 600 g/mol. The van der Waals surface area contributed by atoms with Gasteiger partial charge in [-0.25, -0.2) is 0 Å². The Balaban J connectivity index is 1.22. The molecule has 0 aromatic heterocycles. The molecule has 10 heteroatoms. The second-order valence-corrected chi connectivity index (χ2v) is 12.0. The van der Waals surface area contributed by atoms with Crippen LogP contribution in [0, 0.1) is 11.3 Å². The Labute approximate surface area is 249 Å². The van der Waals surface area contributed by atoms with E-state index in [9.17, 15) is 4.79 Å². The third-order valence-corrected chi connectivity index (χ3v) is 9.05. The van der Waals surface area contributed by atoms with Gasteiger partial charge in [-0.05, 0) is 78.4 Å². The summed E-state index contributed by atoms with van der Waals surface area (Å²) in [4.78, 5) is 17.0. The number of nitrogens with one attached hydrogen (secondary N) is 1. The Kier molecular flexibility index (Phi) is 9.18. The molecule has 1 atom stereocenters. The lowest BCUT2D eigenvalue weighted by Gasteiger charge is -2.20. The maximum absolute atomic E-state index is 12.8. The van der Waals surface area contributed by atoms with Gasteiger partial charge in [0.1, 0.15) is 24.0 Å². The standard InChI is InChI=1S/C30H32Cl2N4O3S/c1-3-18(2)20-9-11-22(12-10-20)38-13-14-39-26-24(31)16-19(17-25(26)32)15-23-27(33)36-30(34-28(23)37)40-29(35-36)21-7-5-4-6-8-21/h9-12,15-18,21,33H,3-8,13-14H2,1-2H3/b23-15-,33-27?. The number of nitrogens with zero attached hydrogens (tertiary/aromatic N) is 3. The maximum Gasteiger partial charge on any atom is 0.283 e. The molecule has 7 nitrogen and oxygen atoms in total. The highest BCUT2D eigenvalue weighted by atomic mass is 35.5. The number of ether oxygens (including phenoxy) is 2. The van der Waals surface area contributed by atoms with Gasteiger partial charge in [0, 0.05) is 5.92 Å². The topological polar surface area (TPSA) is 87.3 Å². The van der Waals surface area contributed by atoms with Crippen LogP contribution in [-0.4, -0.2) is 40.2 Å². The van der Waals surface area contributed by atoms with Crippen molar-refractivity contribution in [1.82, 2.24) is 5.01 Å². The lowest BCUT2D eigenvalue weighted by Crippen LogP contribution is -2.35. The highest BCUT2D eigenvalue weighted by Gasteiger charge is 2.38. The van der Waals surface area contributed by atoms with E-state index in [1.165, 1.54) is 41.6 Å². The number of aliphatic imine (C=N–C) groups is 1. The maximum atomic E-state index is 12.8. The van der Waals surface area contributed by atoms with Gasteiger partial charge in [0.15, 0.2) is 11.6 Å². The third-order valence-electron chi connectivity index (χ3n) is 7.42. The minimum absolute atomic E-state index is 0.00443. The van der Waals surface area contributed by atoms with Crippen LogP contribution in [0.3, 0.4) is 0 Å². The van der Waals surface area contributed by atoms with E-state index in [1.54, 1.807) is 18.2 Å². The van der Waals surface area contributed by atoms with Crippen LogP contribution in [0.1, 0.15) is 69.4 Å². The first-order chi connectivity index (χ1) is 19.3. The van der Waals surface area contributed by atoms with Crippen molar-refractivity contribution in [1.29, 1.82) is 5.41 Å². The van der Waals surface area contributed by atoms with Crippen LogP contribution in [0.4, 0.5) is 0 Å². The third kappa shape index (κ3) is 6.40. The molecule has 3 aliphatic rings. The Bertz CT molecular complexity index is 1360. The summed E-state index contributed by atoms with van der Waals surface area (Å²) in [5, 5.41) is 16.8. The molecule has 5 rings (SSSR count). The molecule has 1 unspecified atom stereocenters. The number of amides is 1. The summed E-state index contributed by atoms with van der Waals surface area (Å²) >= 11 is 14.4. The molecule has 210 valence electrons. The molecule has 40 heavy (non-hydrogen) atoms. The Morgan fingerprint density at radius 3 is 2.45 bits per heavy atom. The quantitative estimate of drug-likeness (QED) is 0.232. The van der Waals surface area contributed by atoms with Gasteiger partial charge in [-0.3, -0.25) is 10.2 Å². The first-order valence-electron chi connectivity index (χ1n) is 13.7. The van der Waals surface area contributed by atoms with E-state index in [0.717, 1.165) is 30.1 Å². The van der Waals surface area contributed by atoms with Gasteiger partial charge in [-0.15, -0.1) is 0 Å². The number of thioether (sulfide) groups is 1. The van der Waals surface area contributed by atoms with Crippen molar-refractivity contribution in [3.8, 4) is 11.5 Å². The number of hydrogen-bond acceptors (Lipinski definition) is 6. The molecule has 1 saturated carbocycles. The first-order valence-corrected chi connectivity index (χ1v) is 15.3. The van der Waals surface area contributed by atoms with E-state index in [4.69, 9.17) is 38.1 Å². The molecule has 1 N–H and O–H groups in total. The highest BCUT2D eigenvalue weighted by Crippen LogP contribution is 2.38. The van der Waals surface area contributed by atoms with E-state index in [2.05, 4.69) is 36.1 Å². The minimum atomic E-state index is -0.481. The fourth-order valence-corrected chi connectivity index (χ4v) is 6.59. The zero-order chi connectivity index (χ0) is 28.2. The number of hydrogen-bond donors (Lipinski definition) is 1. The van der Waals surface area contributed by atoms with Crippen molar-refractivity contribution >= 4 is 63.0 Å². The van der Waals surface area contributed by atoms with Crippen molar-refractivity contribution in [2.75, 3.05) is 13.2 Å². The molecule has 1 aliphatic carbocycles. The monoisotopic (exact) mass is 598 g/mol. The zero-order valence-corrected chi connectivity index (χ0v) is 24.9. The molecular weight excluding hydrogens is 567 g/mol. The molecule has 1 amide bonds. The number of halogens is 2. The Morgan fingerprint density at radius 1 is 1.10 bits per heavy atom. The van der Waals surface area contributed by atoms with E-state index < -0.39 is 5.91 Å². The molecule has 0 bridgehead atoms. The van der Waals surface area contributed by atoms with Crippen molar-refractivity contribution in [3.63, 3.8) is 0 Å². The number of amidine groups is 2. The van der Waals surface area contributed by atoms with Crippen LogP contribution in [-0.2, 0) is 4.79 Å². The van der Waals surface area contributed by atoms with Gasteiger partial charge in [-0.1, -0.05) is 68.4 Å². The van der Waals surface area contributed by atoms with Gasteiger partial charge < -0.3 is 9.47 Å². The minimum Gasteiger partial charge on any atom is -0.490 e. The van der Waals surface area contributed by atoms with Crippen LogP contribution >= 0.6 is 35.0 Å². The molecule has 2 heterocycles. The summed E-state index contributed by atoms with van der Waals surface area (Å²) in [5.74, 6) is 1.50. The van der Waals surface area contributed by atoms with E-state index in [1.807, 2.05) is 12.1 Å². The van der Waals surface area contributed by atoms with Gasteiger partial charge in [0.2, 0.25) is 5.17 Å². The molecule has 2 aliphatic heterocycles. The lowest BCUT2D eigenvalue weighted by atomic mass is 9.90. The molecule has 2 aromatic carbocycles. The Morgan fingerprint density at radius 2 is 1.77 bits per heavy atom. The number of carbonyl (C=O) groups is 1. The van der Waals surface area contributed by atoms with E-state index in [-0.39, 0.29) is 18.0 Å². The molecule has 2 aromatic rings. The molecule has 0 spiro atoms. The molecule has 0 radical (unpaired) electrons. The normalized spacial score (nSPS) is 19.4. The van der Waals surface area contributed by atoms with Crippen molar-refractivity contribution in [2.24, 2.45) is 16.0 Å². The highest BCUT2D eigenvalue weighted by molar-refractivity contribution is 8.27. The predicted octanol–water partition coefficient (Wildman–Crippen LogP) is 8.16. The van der Waals surface area contributed by atoms with Gasteiger partial charge in [0.25, 0.3) is 5.91 Å². The number of hydrazone groups is 1. The zero-order valence-electron chi connectivity index (χ0n) is 22.6. The number of rotatable bonds is 9. The fraction of sp³-hybridized carbons (Fsp3) is 0.400. The second kappa shape index (κ2) is 12.8. The van der Waals surface area contributed by atoms with Gasteiger partial charge >= 0.3 is 0 Å². The van der Waals surface area contributed by atoms with Gasteiger partial charge in [0.05, 0.1) is 15.6 Å².